The SMILES string of the molecule is CCC1CCCCC1C(N)CC(C)OC. The summed E-state index contributed by atoms with van der Waals surface area (Å²) >= 11 is 0. The fourth-order valence-corrected chi connectivity index (χ4v) is 2.96. The lowest BCUT2D eigenvalue weighted by atomic mass is 9.73. The Morgan fingerprint density at radius 1 is 1.33 bits per heavy atom. The second-order valence-corrected chi connectivity index (χ2v) is 5.06. The van der Waals surface area contributed by atoms with Gasteiger partial charge in [0.2, 0.25) is 0 Å². The van der Waals surface area contributed by atoms with Gasteiger partial charge in [-0.3, -0.25) is 0 Å². The van der Waals surface area contributed by atoms with E-state index in [9.17, 15) is 0 Å². The Balaban J connectivity index is 2.44. The molecule has 0 aromatic heterocycles. The first-order valence-electron chi connectivity index (χ1n) is 6.47. The van der Waals surface area contributed by atoms with Crippen LogP contribution in [0.15, 0.2) is 0 Å². The highest BCUT2D eigenvalue weighted by Crippen LogP contribution is 2.34. The number of hydrogen-bond acceptors (Lipinski definition) is 2. The topological polar surface area (TPSA) is 35.2 Å². The monoisotopic (exact) mass is 213 g/mol. The van der Waals surface area contributed by atoms with Gasteiger partial charge in [0.05, 0.1) is 6.10 Å². The zero-order chi connectivity index (χ0) is 11.3. The van der Waals surface area contributed by atoms with E-state index in [4.69, 9.17) is 10.5 Å². The molecule has 0 radical (unpaired) electrons. The number of nitrogens with two attached hydrogens (primary N) is 1. The van der Waals surface area contributed by atoms with Crippen molar-refractivity contribution < 1.29 is 4.74 Å². The van der Waals surface area contributed by atoms with Crippen LogP contribution >= 0.6 is 0 Å². The van der Waals surface area contributed by atoms with Gasteiger partial charge in [-0.25, -0.2) is 0 Å². The maximum absolute atomic E-state index is 6.31. The van der Waals surface area contributed by atoms with Crippen molar-refractivity contribution in [2.24, 2.45) is 17.6 Å². The molecule has 0 saturated heterocycles. The first-order valence-corrected chi connectivity index (χ1v) is 6.47. The molecule has 0 aromatic rings. The standard InChI is InChI=1S/C13H27NO/c1-4-11-7-5-6-8-12(11)13(14)9-10(2)15-3/h10-13H,4-9,14H2,1-3H3. The van der Waals surface area contributed by atoms with E-state index in [1.807, 2.05) is 0 Å². The summed E-state index contributed by atoms with van der Waals surface area (Å²) in [5.74, 6) is 1.60. The molecule has 1 aliphatic rings. The van der Waals surface area contributed by atoms with Crippen molar-refractivity contribution in [3.8, 4) is 0 Å². The van der Waals surface area contributed by atoms with E-state index in [2.05, 4.69) is 13.8 Å². The van der Waals surface area contributed by atoms with Gasteiger partial charge in [0, 0.05) is 13.2 Å². The lowest BCUT2D eigenvalue weighted by molar-refractivity contribution is 0.0844. The van der Waals surface area contributed by atoms with Crippen molar-refractivity contribution in [1.82, 2.24) is 0 Å². The molecular formula is C13H27NO. The quantitative estimate of drug-likeness (QED) is 0.762. The van der Waals surface area contributed by atoms with Crippen molar-refractivity contribution in [3.63, 3.8) is 0 Å². The van der Waals surface area contributed by atoms with E-state index >= 15 is 0 Å². The summed E-state index contributed by atoms with van der Waals surface area (Å²) in [6, 6.07) is 0.338. The normalized spacial score (nSPS) is 31.2. The van der Waals surface area contributed by atoms with Crippen LogP contribution < -0.4 is 5.73 Å². The second kappa shape index (κ2) is 6.49. The minimum Gasteiger partial charge on any atom is -0.382 e. The van der Waals surface area contributed by atoms with E-state index < -0.39 is 0 Å². The third-order valence-electron chi connectivity index (χ3n) is 4.05. The summed E-state index contributed by atoms with van der Waals surface area (Å²) in [7, 11) is 1.77. The molecule has 0 heterocycles. The second-order valence-electron chi connectivity index (χ2n) is 5.06. The molecule has 0 spiro atoms. The van der Waals surface area contributed by atoms with E-state index in [-0.39, 0.29) is 0 Å². The van der Waals surface area contributed by atoms with Crippen molar-refractivity contribution in [2.45, 2.75) is 64.5 Å². The molecule has 90 valence electrons. The molecule has 4 unspecified atom stereocenters. The Morgan fingerprint density at radius 3 is 2.60 bits per heavy atom. The number of rotatable bonds is 5. The Labute approximate surface area is 94.6 Å². The van der Waals surface area contributed by atoms with Crippen LogP contribution in [0.4, 0.5) is 0 Å². The van der Waals surface area contributed by atoms with Crippen molar-refractivity contribution >= 4 is 0 Å². The van der Waals surface area contributed by atoms with Gasteiger partial charge in [0.15, 0.2) is 0 Å². The van der Waals surface area contributed by atoms with Crippen molar-refractivity contribution in [1.29, 1.82) is 0 Å². The van der Waals surface area contributed by atoms with Gasteiger partial charge in [-0.1, -0.05) is 32.6 Å². The fourth-order valence-electron chi connectivity index (χ4n) is 2.96. The van der Waals surface area contributed by atoms with Crippen LogP contribution in [0.25, 0.3) is 0 Å². The molecule has 4 atom stereocenters. The third-order valence-corrected chi connectivity index (χ3v) is 4.05. The summed E-state index contributed by atoms with van der Waals surface area (Å²) in [4.78, 5) is 0. The van der Waals surface area contributed by atoms with Gasteiger partial charge in [-0.15, -0.1) is 0 Å². The predicted molar refractivity (Wildman–Crippen MR) is 64.8 cm³/mol. The fraction of sp³-hybridized carbons (Fsp3) is 1.00. The maximum atomic E-state index is 6.31. The van der Waals surface area contributed by atoms with E-state index in [1.54, 1.807) is 7.11 Å². The first kappa shape index (κ1) is 13.0. The highest BCUT2D eigenvalue weighted by molar-refractivity contribution is 4.83. The highest BCUT2D eigenvalue weighted by Gasteiger charge is 2.29. The van der Waals surface area contributed by atoms with Crippen LogP contribution in [0.1, 0.15) is 52.4 Å². The molecule has 2 nitrogen and oxygen atoms in total. The van der Waals surface area contributed by atoms with E-state index in [0.29, 0.717) is 12.1 Å². The van der Waals surface area contributed by atoms with Crippen LogP contribution in [-0.4, -0.2) is 19.3 Å². The Bertz CT molecular complexity index is 172. The summed E-state index contributed by atoms with van der Waals surface area (Å²) in [6.45, 7) is 4.42. The van der Waals surface area contributed by atoms with Crippen LogP contribution in [0, 0.1) is 11.8 Å². The third kappa shape index (κ3) is 3.76. The average molecular weight is 213 g/mol. The van der Waals surface area contributed by atoms with Crippen molar-refractivity contribution in [3.05, 3.63) is 0 Å². The summed E-state index contributed by atoms with van der Waals surface area (Å²) in [5.41, 5.74) is 6.31. The molecule has 1 aliphatic carbocycles. The average Bonchev–Trinajstić information content (AvgIpc) is 2.28. The van der Waals surface area contributed by atoms with E-state index in [1.165, 1.54) is 32.1 Å². The highest BCUT2D eigenvalue weighted by atomic mass is 16.5. The van der Waals surface area contributed by atoms with Crippen LogP contribution in [0.5, 0.6) is 0 Å². The van der Waals surface area contributed by atoms with Crippen LogP contribution in [0.3, 0.4) is 0 Å². The first-order chi connectivity index (χ1) is 7.19. The molecule has 0 aliphatic heterocycles. The van der Waals surface area contributed by atoms with Crippen molar-refractivity contribution in [2.75, 3.05) is 7.11 Å². The van der Waals surface area contributed by atoms with Gasteiger partial charge >= 0.3 is 0 Å². The molecule has 0 bridgehead atoms. The van der Waals surface area contributed by atoms with Gasteiger partial charge in [-0.05, 0) is 31.6 Å². The number of ether oxygens (including phenoxy) is 1. The van der Waals surface area contributed by atoms with Gasteiger partial charge in [0.1, 0.15) is 0 Å². The van der Waals surface area contributed by atoms with Gasteiger partial charge in [0.25, 0.3) is 0 Å². The predicted octanol–water partition coefficient (Wildman–Crippen LogP) is 2.96. The number of hydrogen-bond donors (Lipinski definition) is 1. The molecule has 15 heavy (non-hydrogen) atoms. The van der Waals surface area contributed by atoms with Crippen LogP contribution in [-0.2, 0) is 4.74 Å². The zero-order valence-electron chi connectivity index (χ0n) is 10.5. The molecule has 1 rings (SSSR count). The zero-order valence-corrected chi connectivity index (χ0v) is 10.5. The lowest BCUT2D eigenvalue weighted by Crippen LogP contribution is -2.39. The Kier molecular flexibility index (Phi) is 5.62. The van der Waals surface area contributed by atoms with Gasteiger partial charge < -0.3 is 10.5 Å². The molecule has 0 aromatic carbocycles. The number of methoxy groups -OCH3 is 1. The largest absolute Gasteiger partial charge is 0.382 e. The Hall–Kier alpha value is -0.0800. The smallest absolute Gasteiger partial charge is 0.0558 e. The summed E-state index contributed by atoms with van der Waals surface area (Å²) in [5, 5.41) is 0. The molecule has 0 amide bonds. The summed E-state index contributed by atoms with van der Waals surface area (Å²) < 4.78 is 5.30. The Morgan fingerprint density at radius 2 is 2.00 bits per heavy atom. The minimum atomic E-state index is 0.305. The van der Waals surface area contributed by atoms with E-state index in [0.717, 1.165) is 18.3 Å². The molecule has 2 N–H and O–H groups in total. The van der Waals surface area contributed by atoms with Crippen LogP contribution in [0.2, 0.25) is 0 Å². The molecular weight excluding hydrogens is 186 g/mol. The molecule has 1 saturated carbocycles. The summed E-state index contributed by atoms with van der Waals surface area (Å²) in [6.07, 6.45) is 8.10. The molecule has 1 fully saturated rings. The van der Waals surface area contributed by atoms with Gasteiger partial charge in [-0.2, -0.15) is 0 Å². The molecule has 2 heteroatoms. The maximum Gasteiger partial charge on any atom is 0.0558 e. The minimum absolute atomic E-state index is 0.305. The lowest BCUT2D eigenvalue weighted by Gasteiger charge is -2.35.